The molecule has 0 aliphatic carbocycles. The summed E-state index contributed by atoms with van der Waals surface area (Å²) in [6.07, 6.45) is 0. The third-order valence-corrected chi connectivity index (χ3v) is 3.44. The Kier molecular flexibility index (Phi) is 4.70. The van der Waals surface area contributed by atoms with E-state index in [2.05, 4.69) is 5.32 Å². The molecule has 0 aliphatic rings. The van der Waals surface area contributed by atoms with Crippen LogP contribution in [0.3, 0.4) is 0 Å². The van der Waals surface area contributed by atoms with Crippen molar-refractivity contribution in [3.8, 4) is 0 Å². The topological polar surface area (TPSA) is 64.3 Å². The lowest BCUT2D eigenvalue weighted by atomic mass is 10.1. The first kappa shape index (κ1) is 15.2. The van der Waals surface area contributed by atoms with Crippen LogP contribution in [-0.4, -0.2) is 12.6 Å². The van der Waals surface area contributed by atoms with Gasteiger partial charge < -0.3 is 15.8 Å². The zero-order valence-corrected chi connectivity index (χ0v) is 12.7. The number of hydrogen-bond acceptors (Lipinski definition) is 4. The van der Waals surface area contributed by atoms with Crippen molar-refractivity contribution < 1.29 is 9.53 Å². The number of ether oxygens (including phenoxy) is 1. The molecule has 0 spiro atoms. The van der Waals surface area contributed by atoms with Crippen molar-refractivity contribution in [2.24, 2.45) is 0 Å². The number of para-hydroxylation sites is 1. The molecule has 2 aromatic carbocycles. The van der Waals surface area contributed by atoms with E-state index < -0.39 is 5.97 Å². The third kappa shape index (κ3) is 3.47. The van der Waals surface area contributed by atoms with E-state index in [1.807, 2.05) is 19.1 Å². The van der Waals surface area contributed by atoms with Crippen molar-refractivity contribution in [1.82, 2.24) is 0 Å². The molecule has 21 heavy (non-hydrogen) atoms. The van der Waals surface area contributed by atoms with E-state index in [9.17, 15) is 4.79 Å². The molecule has 0 radical (unpaired) electrons. The standard InChI is InChI=1S/C16H17ClN2O2/c1-3-21-16(20)12-5-4-6-14(18)15(12)19-11-8-7-10(2)13(17)9-11/h4-9,19H,3,18H2,1-2H3. The number of nitrogens with one attached hydrogen (secondary N) is 1. The smallest absolute Gasteiger partial charge is 0.340 e. The van der Waals surface area contributed by atoms with Gasteiger partial charge in [-0.1, -0.05) is 23.7 Å². The Bertz CT molecular complexity index is 671. The summed E-state index contributed by atoms with van der Waals surface area (Å²) in [6, 6.07) is 10.7. The number of aryl methyl sites for hydroxylation is 1. The number of carbonyl (C=O) groups excluding carboxylic acids is 1. The van der Waals surface area contributed by atoms with Crippen LogP contribution in [-0.2, 0) is 4.74 Å². The largest absolute Gasteiger partial charge is 0.462 e. The monoisotopic (exact) mass is 304 g/mol. The predicted octanol–water partition coefficient (Wildman–Crippen LogP) is 4.15. The van der Waals surface area contributed by atoms with Crippen LogP contribution in [0.15, 0.2) is 36.4 Å². The summed E-state index contributed by atoms with van der Waals surface area (Å²) in [5.74, 6) is -0.412. The lowest BCUT2D eigenvalue weighted by Crippen LogP contribution is -2.09. The molecular weight excluding hydrogens is 288 g/mol. The van der Waals surface area contributed by atoms with Gasteiger partial charge in [0.05, 0.1) is 23.5 Å². The number of hydrogen-bond donors (Lipinski definition) is 2. The molecule has 0 heterocycles. The number of rotatable bonds is 4. The molecule has 0 aliphatic heterocycles. The molecule has 5 heteroatoms. The Morgan fingerprint density at radius 1 is 1.33 bits per heavy atom. The van der Waals surface area contributed by atoms with Crippen molar-refractivity contribution >= 4 is 34.6 Å². The highest BCUT2D eigenvalue weighted by molar-refractivity contribution is 6.31. The van der Waals surface area contributed by atoms with Crippen LogP contribution in [0.2, 0.25) is 5.02 Å². The van der Waals surface area contributed by atoms with E-state index in [1.165, 1.54) is 0 Å². The Hall–Kier alpha value is -2.20. The normalized spacial score (nSPS) is 10.2. The van der Waals surface area contributed by atoms with E-state index in [0.29, 0.717) is 28.6 Å². The van der Waals surface area contributed by atoms with Gasteiger partial charge in [-0.3, -0.25) is 0 Å². The minimum Gasteiger partial charge on any atom is -0.462 e. The summed E-state index contributed by atoms with van der Waals surface area (Å²) in [4.78, 5) is 12.0. The number of halogens is 1. The summed E-state index contributed by atoms with van der Waals surface area (Å²) < 4.78 is 5.04. The molecule has 110 valence electrons. The Labute approximate surface area is 128 Å². The van der Waals surface area contributed by atoms with Crippen molar-refractivity contribution in [2.75, 3.05) is 17.7 Å². The quantitative estimate of drug-likeness (QED) is 0.658. The number of nitrogens with two attached hydrogens (primary N) is 1. The molecule has 0 aromatic heterocycles. The molecule has 0 fully saturated rings. The SMILES string of the molecule is CCOC(=O)c1cccc(N)c1Nc1ccc(C)c(Cl)c1. The fourth-order valence-corrected chi connectivity index (χ4v) is 2.08. The molecule has 0 saturated carbocycles. The van der Waals surface area contributed by atoms with Gasteiger partial charge in [-0.2, -0.15) is 0 Å². The predicted molar refractivity (Wildman–Crippen MR) is 86.3 cm³/mol. The second-order valence-corrected chi connectivity index (χ2v) is 4.99. The molecular formula is C16H17ClN2O2. The highest BCUT2D eigenvalue weighted by atomic mass is 35.5. The van der Waals surface area contributed by atoms with Crippen molar-refractivity contribution in [1.29, 1.82) is 0 Å². The van der Waals surface area contributed by atoms with Crippen LogP contribution in [0, 0.1) is 6.92 Å². The molecule has 3 N–H and O–H groups in total. The van der Waals surface area contributed by atoms with E-state index in [-0.39, 0.29) is 0 Å². The van der Waals surface area contributed by atoms with Gasteiger partial charge in [0, 0.05) is 10.7 Å². The molecule has 2 rings (SSSR count). The maximum atomic E-state index is 12.0. The van der Waals surface area contributed by atoms with Gasteiger partial charge in [0.2, 0.25) is 0 Å². The van der Waals surface area contributed by atoms with Crippen LogP contribution in [0.5, 0.6) is 0 Å². The molecule has 0 amide bonds. The van der Waals surface area contributed by atoms with Gasteiger partial charge in [0.25, 0.3) is 0 Å². The Morgan fingerprint density at radius 3 is 2.76 bits per heavy atom. The minimum absolute atomic E-state index is 0.309. The molecule has 0 bridgehead atoms. The first-order valence-electron chi connectivity index (χ1n) is 6.61. The molecule has 0 saturated heterocycles. The molecule has 0 unspecified atom stereocenters. The average Bonchev–Trinajstić information content (AvgIpc) is 2.45. The van der Waals surface area contributed by atoms with Crippen LogP contribution in [0.1, 0.15) is 22.8 Å². The van der Waals surface area contributed by atoms with Crippen molar-refractivity contribution in [3.05, 3.63) is 52.5 Å². The number of carbonyl (C=O) groups is 1. The van der Waals surface area contributed by atoms with Crippen LogP contribution >= 0.6 is 11.6 Å². The van der Waals surface area contributed by atoms with Gasteiger partial charge in [-0.25, -0.2) is 4.79 Å². The fourth-order valence-electron chi connectivity index (χ4n) is 1.90. The van der Waals surface area contributed by atoms with Crippen LogP contribution < -0.4 is 11.1 Å². The fraction of sp³-hybridized carbons (Fsp3) is 0.188. The first-order valence-corrected chi connectivity index (χ1v) is 6.99. The third-order valence-electron chi connectivity index (χ3n) is 3.03. The van der Waals surface area contributed by atoms with Crippen molar-refractivity contribution in [2.45, 2.75) is 13.8 Å². The Morgan fingerprint density at radius 2 is 2.10 bits per heavy atom. The zero-order valence-electron chi connectivity index (χ0n) is 11.9. The summed E-state index contributed by atoms with van der Waals surface area (Å²) in [5, 5.41) is 3.78. The number of nitrogen functional groups attached to an aromatic ring is 1. The lowest BCUT2D eigenvalue weighted by Gasteiger charge is -2.14. The molecule has 0 atom stereocenters. The first-order chi connectivity index (χ1) is 10.0. The lowest BCUT2D eigenvalue weighted by molar-refractivity contribution is 0.0527. The van der Waals surface area contributed by atoms with Gasteiger partial charge in [0.1, 0.15) is 0 Å². The highest BCUT2D eigenvalue weighted by Gasteiger charge is 2.15. The maximum Gasteiger partial charge on any atom is 0.340 e. The maximum absolute atomic E-state index is 12.0. The Balaban J connectivity index is 2.38. The molecule has 4 nitrogen and oxygen atoms in total. The summed E-state index contributed by atoms with van der Waals surface area (Å²) in [5.41, 5.74) is 9.10. The summed E-state index contributed by atoms with van der Waals surface area (Å²) in [7, 11) is 0. The van der Waals surface area contributed by atoms with Crippen molar-refractivity contribution in [3.63, 3.8) is 0 Å². The van der Waals surface area contributed by atoms with Crippen LogP contribution in [0.4, 0.5) is 17.1 Å². The summed E-state index contributed by atoms with van der Waals surface area (Å²) >= 11 is 6.11. The average molecular weight is 305 g/mol. The zero-order chi connectivity index (χ0) is 15.4. The molecule has 2 aromatic rings. The van der Waals surface area contributed by atoms with Gasteiger partial charge in [0.15, 0.2) is 0 Å². The van der Waals surface area contributed by atoms with Gasteiger partial charge in [-0.15, -0.1) is 0 Å². The van der Waals surface area contributed by atoms with Gasteiger partial charge in [-0.05, 0) is 43.7 Å². The minimum atomic E-state index is -0.412. The van der Waals surface area contributed by atoms with E-state index in [1.54, 1.807) is 31.2 Å². The second kappa shape index (κ2) is 6.50. The summed E-state index contributed by atoms with van der Waals surface area (Å²) in [6.45, 7) is 3.99. The van der Waals surface area contributed by atoms with E-state index in [0.717, 1.165) is 11.3 Å². The van der Waals surface area contributed by atoms with E-state index >= 15 is 0 Å². The second-order valence-electron chi connectivity index (χ2n) is 4.58. The number of anilines is 3. The van der Waals surface area contributed by atoms with E-state index in [4.69, 9.17) is 22.1 Å². The van der Waals surface area contributed by atoms with Gasteiger partial charge >= 0.3 is 5.97 Å². The highest BCUT2D eigenvalue weighted by Crippen LogP contribution is 2.29. The number of esters is 1. The number of benzene rings is 2. The van der Waals surface area contributed by atoms with Crippen LogP contribution in [0.25, 0.3) is 0 Å².